The van der Waals surface area contributed by atoms with Crippen molar-refractivity contribution in [2.45, 2.75) is 56.9 Å². The monoisotopic (exact) mass is 243 g/mol. The molecule has 0 radical (unpaired) electrons. The van der Waals surface area contributed by atoms with Gasteiger partial charge in [0.25, 0.3) is 0 Å². The lowest BCUT2D eigenvalue weighted by atomic mass is 9.71. The van der Waals surface area contributed by atoms with Crippen LogP contribution in [0.1, 0.15) is 51.0 Å². The molecular weight excluding hydrogens is 218 g/mol. The van der Waals surface area contributed by atoms with Crippen LogP contribution in [0.4, 0.5) is 0 Å². The molecule has 1 heteroatoms. The second-order valence-electron chi connectivity index (χ2n) is 5.64. The van der Waals surface area contributed by atoms with E-state index >= 15 is 0 Å². The fourth-order valence-corrected chi connectivity index (χ4v) is 3.30. The zero-order chi connectivity index (χ0) is 13.0. The summed E-state index contributed by atoms with van der Waals surface area (Å²) in [6, 6.07) is 11.1. The maximum Gasteiger partial charge on any atom is 0.0174 e. The van der Waals surface area contributed by atoms with Crippen LogP contribution < -0.4 is 5.73 Å². The quantitative estimate of drug-likeness (QED) is 0.771. The molecule has 0 aromatic heterocycles. The van der Waals surface area contributed by atoms with Crippen molar-refractivity contribution in [2.24, 2.45) is 5.73 Å². The highest BCUT2D eigenvalue weighted by molar-refractivity contribution is 5.29. The molecule has 2 N–H and O–H groups in total. The minimum Gasteiger partial charge on any atom is -0.327 e. The van der Waals surface area contributed by atoms with Crippen molar-refractivity contribution in [3.8, 4) is 0 Å². The lowest BCUT2D eigenvalue weighted by Gasteiger charge is -2.36. The molecule has 1 fully saturated rings. The summed E-state index contributed by atoms with van der Waals surface area (Å²) < 4.78 is 0. The summed E-state index contributed by atoms with van der Waals surface area (Å²) >= 11 is 0. The van der Waals surface area contributed by atoms with Crippen LogP contribution >= 0.6 is 0 Å². The van der Waals surface area contributed by atoms with E-state index in [0.29, 0.717) is 0 Å². The molecule has 0 amide bonds. The van der Waals surface area contributed by atoms with Crippen LogP contribution in [-0.4, -0.2) is 6.04 Å². The van der Waals surface area contributed by atoms with E-state index in [-0.39, 0.29) is 11.5 Å². The second kappa shape index (κ2) is 5.71. The zero-order valence-corrected chi connectivity index (χ0v) is 11.5. The Morgan fingerprint density at radius 1 is 1.28 bits per heavy atom. The number of nitrogens with two attached hydrogens (primary N) is 1. The summed E-state index contributed by atoms with van der Waals surface area (Å²) in [6.07, 6.45) is 7.08. The highest BCUT2D eigenvalue weighted by atomic mass is 14.7. The third kappa shape index (κ3) is 2.51. The summed E-state index contributed by atoms with van der Waals surface area (Å²) in [5, 5.41) is 0. The Kier molecular flexibility index (Phi) is 4.23. The highest BCUT2D eigenvalue weighted by Gasteiger charge is 2.40. The van der Waals surface area contributed by atoms with Gasteiger partial charge in [-0.15, -0.1) is 0 Å². The van der Waals surface area contributed by atoms with Crippen LogP contribution in [0.25, 0.3) is 0 Å². The van der Waals surface area contributed by atoms with Crippen LogP contribution in [0.5, 0.6) is 0 Å². The maximum atomic E-state index is 6.56. The molecule has 1 aliphatic carbocycles. The molecule has 1 aromatic rings. The topological polar surface area (TPSA) is 26.0 Å². The molecule has 1 saturated carbocycles. The van der Waals surface area contributed by atoms with E-state index in [1.807, 2.05) is 0 Å². The summed E-state index contributed by atoms with van der Waals surface area (Å²) in [4.78, 5) is 0. The molecule has 2 rings (SSSR count). The Morgan fingerprint density at radius 3 is 2.44 bits per heavy atom. The normalized spacial score (nSPS) is 19.7. The van der Waals surface area contributed by atoms with Gasteiger partial charge >= 0.3 is 0 Å². The lowest BCUT2D eigenvalue weighted by molar-refractivity contribution is 0.345. The number of rotatable bonds is 5. The zero-order valence-electron chi connectivity index (χ0n) is 11.5. The van der Waals surface area contributed by atoms with E-state index in [2.05, 4.69) is 43.8 Å². The molecule has 1 aromatic carbocycles. The van der Waals surface area contributed by atoms with E-state index < -0.39 is 0 Å². The van der Waals surface area contributed by atoms with Gasteiger partial charge in [-0.05, 0) is 31.2 Å². The van der Waals surface area contributed by atoms with E-state index in [4.69, 9.17) is 5.73 Å². The first-order valence-corrected chi connectivity index (χ1v) is 7.17. The van der Waals surface area contributed by atoms with E-state index in [9.17, 15) is 0 Å². The standard InChI is InChI=1S/C17H25N/c1-3-14(2)13-16(18)17(11-7-8-12-17)15-9-5-4-6-10-15/h4-6,9-10,16H,2-3,7-8,11-13,18H2,1H3. The summed E-state index contributed by atoms with van der Waals surface area (Å²) in [6.45, 7) is 6.29. The Bertz CT molecular complexity index is 387. The van der Waals surface area contributed by atoms with E-state index in [0.717, 1.165) is 12.8 Å². The second-order valence-corrected chi connectivity index (χ2v) is 5.64. The first-order chi connectivity index (χ1) is 8.69. The summed E-state index contributed by atoms with van der Waals surface area (Å²) in [5.41, 5.74) is 9.47. The van der Waals surface area contributed by atoms with Gasteiger partial charge in [-0.3, -0.25) is 0 Å². The third-order valence-corrected chi connectivity index (χ3v) is 4.56. The summed E-state index contributed by atoms with van der Waals surface area (Å²) in [5.74, 6) is 0. The molecule has 1 unspecified atom stereocenters. The van der Waals surface area contributed by atoms with Crippen molar-refractivity contribution in [3.05, 3.63) is 48.0 Å². The minimum absolute atomic E-state index is 0.194. The van der Waals surface area contributed by atoms with Gasteiger partial charge < -0.3 is 5.73 Å². The SMILES string of the molecule is C=C(CC)CC(N)C1(c2ccccc2)CCCC1. The molecule has 98 valence electrons. The van der Waals surface area contributed by atoms with Gasteiger partial charge in [0, 0.05) is 11.5 Å². The molecule has 0 saturated heterocycles. The Morgan fingerprint density at radius 2 is 1.89 bits per heavy atom. The smallest absolute Gasteiger partial charge is 0.0174 e. The van der Waals surface area contributed by atoms with Gasteiger partial charge in [0.15, 0.2) is 0 Å². The highest BCUT2D eigenvalue weighted by Crippen LogP contribution is 2.44. The molecular formula is C17H25N. The molecule has 1 aliphatic rings. The van der Waals surface area contributed by atoms with Crippen LogP contribution in [0.15, 0.2) is 42.5 Å². The number of hydrogen-bond donors (Lipinski definition) is 1. The van der Waals surface area contributed by atoms with E-state index in [1.54, 1.807) is 0 Å². The molecule has 0 spiro atoms. The van der Waals surface area contributed by atoms with Gasteiger partial charge in [-0.25, -0.2) is 0 Å². The molecule has 0 aliphatic heterocycles. The van der Waals surface area contributed by atoms with Gasteiger partial charge in [0.05, 0.1) is 0 Å². The van der Waals surface area contributed by atoms with Crippen LogP contribution in [-0.2, 0) is 5.41 Å². The van der Waals surface area contributed by atoms with Crippen LogP contribution in [0.2, 0.25) is 0 Å². The van der Waals surface area contributed by atoms with Crippen molar-refractivity contribution in [2.75, 3.05) is 0 Å². The fourth-order valence-electron chi connectivity index (χ4n) is 3.30. The van der Waals surface area contributed by atoms with E-state index in [1.165, 1.54) is 36.8 Å². The van der Waals surface area contributed by atoms with Crippen molar-refractivity contribution in [1.29, 1.82) is 0 Å². The third-order valence-electron chi connectivity index (χ3n) is 4.56. The van der Waals surface area contributed by atoms with Gasteiger partial charge in [0.2, 0.25) is 0 Å². The largest absolute Gasteiger partial charge is 0.327 e. The predicted octanol–water partition coefficient (Wildman–Crippen LogP) is 4.18. The van der Waals surface area contributed by atoms with Crippen molar-refractivity contribution < 1.29 is 0 Å². The van der Waals surface area contributed by atoms with Crippen LogP contribution in [0, 0.1) is 0 Å². The Labute approximate surface area is 111 Å². The Balaban J connectivity index is 2.24. The average molecular weight is 243 g/mol. The minimum atomic E-state index is 0.194. The van der Waals surface area contributed by atoms with Crippen LogP contribution in [0.3, 0.4) is 0 Å². The summed E-state index contributed by atoms with van der Waals surface area (Å²) in [7, 11) is 0. The maximum absolute atomic E-state index is 6.56. The van der Waals surface area contributed by atoms with Gasteiger partial charge in [-0.1, -0.05) is 62.2 Å². The molecule has 1 atom stereocenters. The first kappa shape index (κ1) is 13.4. The molecule has 0 heterocycles. The lowest BCUT2D eigenvalue weighted by Crippen LogP contribution is -2.43. The Hall–Kier alpha value is -1.08. The number of benzene rings is 1. The first-order valence-electron chi connectivity index (χ1n) is 7.17. The van der Waals surface area contributed by atoms with Crippen molar-refractivity contribution in [1.82, 2.24) is 0 Å². The molecule has 18 heavy (non-hydrogen) atoms. The van der Waals surface area contributed by atoms with Gasteiger partial charge in [-0.2, -0.15) is 0 Å². The van der Waals surface area contributed by atoms with Crippen molar-refractivity contribution in [3.63, 3.8) is 0 Å². The molecule has 1 nitrogen and oxygen atoms in total. The molecule has 0 bridgehead atoms. The predicted molar refractivity (Wildman–Crippen MR) is 78.6 cm³/mol. The number of hydrogen-bond acceptors (Lipinski definition) is 1. The fraction of sp³-hybridized carbons (Fsp3) is 0.529. The van der Waals surface area contributed by atoms with Crippen molar-refractivity contribution >= 4 is 0 Å². The van der Waals surface area contributed by atoms with Gasteiger partial charge in [0.1, 0.15) is 0 Å². The average Bonchev–Trinajstić information content (AvgIpc) is 2.90.